The molecule has 0 spiro atoms. The smallest absolute Gasteiger partial charge is 0.274 e. The summed E-state index contributed by atoms with van der Waals surface area (Å²) in [5.74, 6) is -1.92. The summed E-state index contributed by atoms with van der Waals surface area (Å²) in [7, 11) is 0. The Hall–Kier alpha value is -3.35. The number of aromatic nitrogens is 2. The number of halogens is 2. The second kappa shape index (κ2) is 7.69. The Kier molecular flexibility index (Phi) is 5.17. The second-order valence-electron chi connectivity index (χ2n) is 5.39. The first kappa shape index (κ1) is 17.5. The van der Waals surface area contributed by atoms with Crippen LogP contribution in [0.5, 0.6) is 0 Å². The lowest BCUT2D eigenvalue weighted by molar-refractivity contribution is 0.102. The molecule has 0 radical (unpaired) electrons. The maximum atomic E-state index is 13.7. The van der Waals surface area contributed by atoms with Crippen LogP contribution in [0, 0.1) is 11.6 Å². The number of nitrogens with zero attached hydrogens (tertiary/aromatic N) is 3. The number of hydrogen-bond donors (Lipinski definition) is 1. The number of benzene rings is 2. The lowest BCUT2D eigenvalue weighted by atomic mass is 10.2. The first-order valence-corrected chi connectivity index (χ1v) is 8.00. The first-order chi connectivity index (χ1) is 12.6. The van der Waals surface area contributed by atoms with E-state index < -0.39 is 23.2 Å². The Balaban J connectivity index is 1.88. The average molecular weight is 354 g/mol. The van der Waals surface area contributed by atoms with Crippen molar-refractivity contribution in [3.8, 4) is 0 Å². The molecule has 5 nitrogen and oxygen atoms in total. The van der Waals surface area contributed by atoms with Gasteiger partial charge in [0.25, 0.3) is 5.91 Å². The molecule has 7 heteroatoms. The van der Waals surface area contributed by atoms with Gasteiger partial charge in [0, 0.05) is 18.3 Å². The maximum Gasteiger partial charge on any atom is 0.274 e. The molecule has 0 saturated carbocycles. The van der Waals surface area contributed by atoms with Gasteiger partial charge in [0.05, 0.1) is 0 Å². The summed E-state index contributed by atoms with van der Waals surface area (Å²) < 4.78 is 27.4. The molecule has 0 unspecified atom stereocenters. The number of anilines is 3. The van der Waals surface area contributed by atoms with Crippen molar-refractivity contribution >= 4 is 23.1 Å². The SMILES string of the molecule is CCN(c1ccccc1)c1cc(C(=O)Nc2c(F)cccc2F)ncn1. The molecule has 3 rings (SSSR count). The number of rotatable bonds is 5. The quantitative estimate of drug-likeness (QED) is 0.747. The maximum absolute atomic E-state index is 13.7. The topological polar surface area (TPSA) is 58.1 Å². The van der Waals surface area contributed by atoms with Crippen molar-refractivity contribution in [2.24, 2.45) is 0 Å². The monoisotopic (exact) mass is 354 g/mol. The van der Waals surface area contributed by atoms with Crippen LogP contribution in [0.25, 0.3) is 0 Å². The highest BCUT2D eigenvalue weighted by Gasteiger charge is 2.17. The lowest BCUT2D eigenvalue weighted by Crippen LogP contribution is -2.20. The van der Waals surface area contributed by atoms with Crippen molar-refractivity contribution in [3.05, 3.63) is 78.3 Å². The minimum atomic E-state index is -0.855. The fourth-order valence-corrected chi connectivity index (χ4v) is 2.50. The van der Waals surface area contributed by atoms with Crippen molar-refractivity contribution in [3.63, 3.8) is 0 Å². The van der Waals surface area contributed by atoms with Crippen LogP contribution >= 0.6 is 0 Å². The standard InChI is InChI=1S/C19H16F2N4O/c1-2-25(13-7-4-3-5-8-13)17-11-16(22-12-23-17)19(26)24-18-14(20)9-6-10-15(18)21/h3-12H,2H2,1H3,(H,24,26). The number of hydrogen-bond acceptors (Lipinski definition) is 4. The summed E-state index contributed by atoms with van der Waals surface area (Å²) in [6.07, 6.45) is 1.24. The molecule has 2 aromatic carbocycles. The Labute approximate surface area is 149 Å². The van der Waals surface area contributed by atoms with Crippen molar-refractivity contribution in [1.82, 2.24) is 9.97 Å². The Morgan fingerprint density at radius 2 is 1.73 bits per heavy atom. The molecule has 0 aliphatic rings. The third-order valence-electron chi connectivity index (χ3n) is 3.75. The highest BCUT2D eigenvalue weighted by atomic mass is 19.1. The van der Waals surface area contributed by atoms with Crippen LogP contribution in [-0.2, 0) is 0 Å². The minimum absolute atomic E-state index is 0.00651. The third kappa shape index (κ3) is 3.66. The molecule has 1 N–H and O–H groups in total. The predicted octanol–water partition coefficient (Wildman–Crippen LogP) is 4.17. The van der Waals surface area contributed by atoms with E-state index in [1.807, 2.05) is 42.2 Å². The van der Waals surface area contributed by atoms with E-state index in [9.17, 15) is 13.6 Å². The van der Waals surface area contributed by atoms with Crippen LogP contribution in [0.1, 0.15) is 17.4 Å². The number of amides is 1. The van der Waals surface area contributed by atoms with Crippen LogP contribution in [0.2, 0.25) is 0 Å². The molecule has 0 aliphatic heterocycles. The molecule has 1 aromatic heterocycles. The summed E-state index contributed by atoms with van der Waals surface area (Å²) in [6.45, 7) is 2.56. The van der Waals surface area contributed by atoms with Crippen LogP contribution in [0.3, 0.4) is 0 Å². The van der Waals surface area contributed by atoms with E-state index in [-0.39, 0.29) is 5.69 Å². The molecule has 0 atom stereocenters. The van der Waals surface area contributed by atoms with Crippen LogP contribution in [0.15, 0.2) is 60.9 Å². The van der Waals surface area contributed by atoms with E-state index in [2.05, 4.69) is 15.3 Å². The zero-order valence-electron chi connectivity index (χ0n) is 14.0. The number of carbonyl (C=O) groups excluding carboxylic acids is 1. The zero-order valence-corrected chi connectivity index (χ0v) is 14.0. The van der Waals surface area contributed by atoms with E-state index >= 15 is 0 Å². The summed E-state index contributed by atoms with van der Waals surface area (Å²) in [5.41, 5.74) is 0.403. The largest absolute Gasteiger partial charge is 0.327 e. The second-order valence-corrected chi connectivity index (χ2v) is 5.39. The Morgan fingerprint density at radius 3 is 2.38 bits per heavy atom. The number of nitrogens with one attached hydrogen (secondary N) is 1. The van der Waals surface area contributed by atoms with Gasteiger partial charge in [0.2, 0.25) is 0 Å². The molecule has 132 valence electrons. The predicted molar refractivity (Wildman–Crippen MR) is 95.5 cm³/mol. The van der Waals surface area contributed by atoms with Gasteiger partial charge in [-0.2, -0.15) is 0 Å². The molecule has 0 aliphatic carbocycles. The Morgan fingerprint density at radius 1 is 1.04 bits per heavy atom. The Bertz CT molecular complexity index is 898. The molecule has 26 heavy (non-hydrogen) atoms. The van der Waals surface area contributed by atoms with Gasteiger partial charge in [-0.05, 0) is 31.2 Å². The first-order valence-electron chi connectivity index (χ1n) is 8.00. The zero-order chi connectivity index (χ0) is 18.5. The van der Waals surface area contributed by atoms with Gasteiger partial charge in [-0.1, -0.05) is 24.3 Å². The summed E-state index contributed by atoms with van der Waals surface area (Å²) >= 11 is 0. The minimum Gasteiger partial charge on any atom is -0.327 e. The molecule has 0 fully saturated rings. The van der Waals surface area contributed by atoms with Crippen LogP contribution in [-0.4, -0.2) is 22.4 Å². The fourth-order valence-electron chi connectivity index (χ4n) is 2.50. The number of carbonyl (C=O) groups is 1. The molecule has 1 amide bonds. The lowest BCUT2D eigenvalue weighted by Gasteiger charge is -2.22. The van der Waals surface area contributed by atoms with Gasteiger partial charge in [-0.15, -0.1) is 0 Å². The van der Waals surface area contributed by atoms with E-state index in [1.165, 1.54) is 18.5 Å². The van der Waals surface area contributed by atoms with Crippen molar-refractivity contribution < 1.29 is 13.6 Å². The van der Waals surface area contributed by atoms with Gasteiger partial charge in [-0.3, -0.25) is 4.79 Å². The molecule has 0 bridgehead atoms. The van der Waals surface area contributed by atoms with E-state index in [1.54, 1.807) is 0 Å². The fraction of sp³-hybridized carbons (Fsp3) is 0.105. The third-order valence-corrected chi connectivity index (χ3v) is 3.75. The van der Waals surface area contributed by atoms with Crippen molar-refractivity contribution in [2.75, 3.05) is 16.8 Å². The van der Waals surface area contributed by atoms with E-state index in [0.717, 1.165) is 17.8 Å². The van der Waals surface area contributed by atoms with E-state index in [0.29, 0.717) is 12.4 Å². The highest BCUT2D eigenvalue weighted by Crippen LogP contribution is 2.23. The number of para-hydroxylation sites is 2. The van der Waals surface area contributed by atoms with Crippen LogP contribution < -0.4 is 10.2 Å². The molecular formula is C19H16F2N4O. The van der Waals surface area contributed by atoms with Crippen molar-refractivity contribution in [2.45, 2.75) is 6.92 Å². The highest BCUT2D eigenvalue weighted by molar-refractivity contribution is 6.03. The van der Waals surface area contributed by atoms with E-state index in [4.69, 9.17) is 0 Å². The molecule has 0 saturated heterocycles. The summed E-state index contributed by atoms with van der Waals surface area (Å²) in [5, 5.41) is 2.22. The summed E-state index contributed by atoms with van der Waals surface area (Å²) in [4.78, 5) is 22.4. The van der Waals surface area contributed by atoms with Gasteiger partial charge in [0.15, 0.2) is 0 Å². The van der Waals surface area contributed by atoms with Gasteiger partial charge in [-0.25, -0.2) is 18.7 Å². The molecule has 3 aromatic rings. The molecule has 1 heterocycles. The van der Waals surface area contributed by atoms with Crippen molar-refractivity contribution in [1.29, 1.82) is 0 Å². The van der Waals surface area contributed by atoms with Gasteiger partial charge < -0.3 is 10.2 Å². The summed E-state index contributed by atoms with van der Waals surface area (Å²) in [6, 6.07) is 14.4. The van der Waals surface area contributed by atoms with Crippen LogP contribution in [0.4, 0.5) is 26.0 Å². The average Bonchev–Trinajstić information content (AvgIpc) is 2.66. The normalized spacial score (nSPS) is 10.4. The van der Waals surface area contributed by atoms with Gasteiger partial charge in [0.1, 0.15) is 35.2 Å². The molecular weight excluding hydrogens is 338 g/mol. The van der Waals surface area contributed by atoms with Gasteiger partial charge >= 0.3 is 0 Å².